The number of hydrogen-bond acceptors (Lipinski definition) is 5. The minimum absolute atomic E-state index is 0.0217. The molecule has 0 spiro atoms. The van der Waals surface area contributed by atoms with Crippen molar-refractivity contribution in [2.45, 2.75) is 23.8 Å². The van der Waals surface area contributed by atoms with E-state index in [-0.39, 0.29) is 11.6 Å². The standard InChI is InChI=1S/C13H14N4O3S/c1-8-12(17(19)20)13(16(3)15-8)21-11-6-4-10(5-7-11)14-9(2)18/h4-7H,1-3H3,(H,14,18). The molecular weight excluding hydrogens is 292 g/mol. The maximum absolute atomic E-state index is 11.1. The van der Waals surface area contributed by atoms with Crippen LogP contribution in [0, 0.1) is 17.0 Å². The van der Waals surface area contributed by atoms with Crippen molar-refractivity contribution in [3.63, 3.8) is 0 Å². The van der Waals surface area contributed by atoms with E-state index in [1.807, 2.05) is 0 Å². The minimum atomic E-state index is -0.420. The maximum Gasteiger partial charge on any atom is 0.324 e. The normalized spacial score (nSPS) is 10.4. The van der Waals surface area contributed by atoms with E-state index in [9.17, 15) is 14.9 Å². The van der Waals surface area contributed by atoms with Gasteiger partial charge in [0.05, 0.1) is 4.92 Å². The summed E-state index contributed by atoms with van der Waals surface area (Å²) in [6.07, 6.45) is 0. The van der Waals surface area contributed by atoms with Crippen LogP contribution >= 0.6 is 11.8 Å². The van der Waals surface area contributed by atoms with Crippen molar-refractivity contribution < 1.29 is 9.72 Å². The lowest BCUT2D eigenvalue weighted by Gasteiger charge is -2.04. The molecule has 0 fully saturated rings. The average molecular weight is 306 g/mol. The molecule has 110 valence electrons. The summed E-state index contributed by atoms with van der Waals surface area (Å²) >= 11 is 1.26. The Labute approximate surface area is 125 Å². The van der Waals surface area contributed by atoms with E-state index in [0.717, 1.165) is 4.90 Å². The van der Waals surface area contributed by atoms with Gasteiger partial charge in [0.1, 0.15) is 5.69 Å². The average Bonchev–Trinajstić information content (AvgIpc) is 2.66. The third-order valence-corrected chi connectivity index (χ3v) is 3.87. The van der Waals surface area contributed by atoms with Crippen molar-refractivity contribution in [2.24, 2.45) is 7.05 Å². The molecule has 0 aliphatic carbocycles. The second-order valence-electron chi connectivity index (χ2n) is 4.43. The van der Waals surface area contributed by atoms with E-state index >= 15 is 0 Å². The zero-order valence-corrected chi connectivity index (χ0v) is 12.6. The summed E-state index contributed by atoms with van der Waals surface area (Å²) in [5.41, 5.74) is 1.09. The molecule has 1 amide bonds. The molecular formula is C13H14N4O3S. The lowest BCUT2D eigenvalue weighted by molar-refractivity contribution is -0.388. The Balaban J connectivity index is 2.26. The smallest absolute Gasteiger partial charge is 0.324 e. The first-order valence-corrected chi connectivity index (χ1v) is 6.93. The highest BCUT2D eigenvalue weighted by Crippen LogP contribution is 2.36. The van der Waals surface area contributed by atoms with Crippen LogP contribution in [0.2, 0.25) is 0 Å². The summed E-state index contributed by atoms with van der Waals surface area (Å²) in [6.45, 7) is 3.05. The van der Waals surface area contributed by atoms with Gasteiger partial charge in [-0.05, 0) is 31.2 Å². The molecule has 0 saturated heterocycles. The summed E-state index contributed by atoms with van der Waals surface area (Å²) in [6, 6.07) is 7.08. The number of nitrogens with one attached hydrogen (secondary N) is 1. The number of nitrogens with zero attached hydrogens (tertiary/aromatic N) is 3. The first-order chi connectivity index (χ1) is 9.88. The second kappa shape index (κ2) is 5.96. The molecule has 2 aromatic rings. The van der Waals surface area contributed by atoms with Crippen molar-refractivity contribution in [2.75, 3.05) is 5.32 Å². The van der Waals surface area contributed by atoms with Gasteiger partial charge in [-0.2, -0.15) is 5.10 Å². The first kappa shape index (κ1) is 15.0. The fraction of sp³-hybridized carbons (Fsp3) is 0.231. The summed E-state index contributed by atoms with van der Waals surface area (Å²) in [4.78, 5) is 22.5. The number of nitro groups is 1. The highest BCUT2D eigenvalue weighted by molar-refractivity contribution is 7.99. The van der Waals surface area contributed by atoms with Crippen LogP contribution in [0.5, 0.6) is 0 Å². The van der Waals surface area contributed by atoms with Crippen LogP contribution in [-0.2, 0) is 11.8 Å². The Hall–Kier alpha value is -2.35. The molecule has 7 nitrogen and oxygen atoms in total. The van der Waals surface area contributed by atoms with Crippen LogP contribution in [0.1, 0.15) is 12.6 Å². The van der Waals surface area contributed by atoms with Crippen LogP contribution in [0.3, 0.4) is 0 Å². The van der Waals surface area contributed by atoms with Gasteiger partial charge >= 0.3 is 5.69 Å². The Kier molecular flexibility index (Phi) is 4.27. The highest BCUT2D eigenvalue weighted by Gasteiger charge is 2.24. The van der Waals surface area contributed by atoms with Crippen LogP contribution in [0.25, 0.3) is 0 Å². The summed E-state index contributed by atoms with van der Waals surface area (Å²) < 4.78 is 1.50. The third kappa shape index (κ3) is 3.40. The zero-order valence-electron chi connectivity index (χ0n) is 11.8. The Bertz CT molecular complexity index is 694. The highest BCUT2D eigenvalue weighted by atomic mass is 32.2. The number of rotatable bonds is 4. The largest absolute Gasteiger partial charge is 0.326 e. The quantitative estimate of drug-likeness (QED) is 0.693. The molecule has 0 unspecified atom stereocenters. The van der Waals surface area contributed by atoms with Gasteiger partial charge in [0, 0.05) is 24.6 Å². The van der Waals surface area contributed by atoms with Gasteiger partial charge in [0.15, 0.2) is 5.03 Å². The molecule has 8 heteroatoms. The first-order valence-electron chi connectivity index (χ1n) is 6.12. The van der Waals surface area contributed by atoms with E-state index < -0.39 is 4.92 Å². The number of carbonyl (C=O) groups excluding carboxylic acids is 1. The van der Waals surface area contributed by atoms with E-state index in [4.69, 9.17) is 0 Å². The van der Waals surface area contributed by atoms with Crippen molar-refractivity contribution in [3.8, 4) is 0 Å². The molecule has 0 atom stereocenters. The van der Waals surface area contributed by atoms with E-state index in [1.165, 1.54) is 23.4 Å². The van der Waals surface area contributed by atoms with Crippen LogP contribution in [0.15, 0.2) is 34.2 Å². The molecule has 0 bridgehead atoms. The van der Waals surface area contributed by atoms with Gasteiger partial charge in [-0.15, -0.1) is 0 Å². The number of carbonyl (C=O) groups is 1. The summed E-state index contributed by atoms with van der Waals surface area (Å²) in [7, 11) is 1.67. The zero-order chi connectivity index (χ0) is 15.6. The molecule has 1 N–H and O–H groups in total. The van der Waals surface area contributed by atoms with Crippen molar-refractivity contribution in [3.05, 3.63) is 40.1 Å². The number of anilines is 1. The van der Waals surface area contributed by atoms with Crippen LogP contribution < -0.4 is 5.32 Å². The molecule has 1 aromatic heterocycles. The van der Waals surface area contributed by atoms with E-state index in [0.29, 0.717) is 16.4 Å². The van der Waals surface area contributed by atoms with Gasteiger partial charge in [-0.3, -0.25) is 19.6 Å². The molecule has 1 aromatic carbocycles. The number of amides is 1. The maximum atomic E-state index is 11.1. The fourth-order valence-corrected chi connectivity index (χ4v) is 2.86. The Morgan fingerprint density at radius 2 is 2.00 bits per heavy atom. The molecule has 2 rings (SSSR count). The number of aromatic nitrogens is 2. The third-order valence-electron chi connectivity index (χ3n) is 2.71. The summed E-state index contributed by atoms with van der Waals surface area (Å²) in [5.74, 6) is -0.145. The predicted octanol–water partition coefficient (Wildman–Crippen LogP) is 2.75. The lowest BCUT2D eigenvalue weighted by Crippen LogP contribution is -2.05. The van der Waals surface area contributed by atoms with Gasteiger partial charge in [-0.25, -0.2) is 0 Å². The summed E-state index contributed by atoms with van der Waals surface area (Å²) in [5, 5.41) is 18.3. The van der Waals surface area contributed by atoms with E-state index in [1.54, 1.807) is 38.2 Å². The van der Waals surface area contributed by atoms with Gasteiger partial charge < -0.3 is 5.32 Å². The number of aryl methyl sites for hydroxylation is 2. The van der Waals surface area contributed by atoms with Crippen molar-refractivity contribution >= 4 is 29.0 Å². The molecule has 0 aliphatic heterocycles. The molecule has 0 aliphatic rings. The van der Waals surface area contributed by atoms with Crippen molar-refractivity contribution in [1.29, 1.82) is 0 Å². The Morgan fingerprint density at radius 3 is 2.52 bits per heavy atom. The monoisotopic (exact) mass is 306 g/mol. The fourth-order valence-electron chi connectivity index (χ4n) is 1.87. The topological polar surface area (TPSA) is 90.1 Å². The SMILES string of the molecule is CC(=O)Nc1ccc(Sc2c([N+](=O)[O-])c(C)nn2C)cc1. The second-order valence-corrected chi connectivity index (χ2v) is 5.49. The molecule has 0 radical (unpaired) electrons. The number of benzene rings is 1. The minimum Gasteiger partial charge on any atom is -0.326 e. The van der Waals surface area contributed by atoms with E-state index in [2.05, 4.69) is 10.4 Å². The molecule has 1 heterocycles. The van der Waals surface area contributed by atoms with Gasteiger partial charge in [-0.1, -0.05) is 11.8 Å². The van der Waals surface area contributed by atoms with Crippen molar-refractivity contribution in [1.82, 2.24) is 9.78 Å². The van der Waals surface area contributed by atoms with Crippen LogP contribution in [-0.4, -0.2) is 20.6 Å². The lowest BCUT2D eigenvalue weighted by atomic mass is 10.3. The van der Waals surface area contributed by atoms with Gasteiger partial charge in [0.2, 0.25) is 5.91 Å². The predicted molar refractivity (Wildman–Crippen MR) is 79.5 cm³/mol. The molecule has 0 saturated carbocycles. The number of hydrogen-bond donors (Lipinski definition) is 1. The van der Waals surface area contributed by atoms with Crippen LogP contribution in [0.4, 0.5) is 11.4 Å². The van der Waals surface area contributed by atoms with Gasteiger partial charge in [0.25, 0.3) is 0 Å². The Morgan fingerprint density at radius 1 is 1.38 bits per heavy atom. The molecule has 21 heavy (non-hydrogen) atoms.